The quantitative estimate of drug-likeness (QED) is 0.0809. The molecule has 0 radical (unpaired) electrons. The molecule has 0 aliphatic carbocycles. The van der Waals surface area contributed by atoms with Crippen molar-refractivity contribution in [2.75, 3.05) is 17.6 Å². The fourth-order valence-corrected chi connectivity index (χ4v) is 3.84. The summed E-state index contributed by atoms with van der Waals surface area (Å²) in [5, 5.41) is 36.7. The predicted molar refractivity (Wildman–Crippen MR) is 154 cm³/mol. The number of benzene rings is 1. The first kappa shape index (κ1) is 33.4. The molecule has 0 bridgehead atoms. The zero-order valence-corrected chi connectivity index (χ0v) is 23.4. The number of carbonyl (C=O) groups is 6. The van der Waals surface area contributed by atoms with Gasteiger partial charge in [0, 0.05) is 24.2 Å². The molecule has 0 spiro atoms. The van der Waals surface area contributed by atoms with Crippen molar-refractivity contribution < 1.29 is 44.1 Å². The second kappa shape index (κ2) is 15.4. The van der Waals surface area contributed by atoms with Gasteiger partial charge in [0.15, 0.2) is 11.2 Å². The molecule has 19 nitrogen and oxygen atoms in total. The molecule has 0 saturated heterocycles. The lowest BCUT2D eigenvalue weighted by molar-refractivity contribution is -0.148. The van der Waals surface area contributed by atoms with Gasteiger partial charge in [-0.05, 0) is 30.7 Å². The molecular formula is C26H29N9O10. The van der Waals surface area contributed by atoms with Gasteiger partial charge < -0.3 is 42.3 Å². The second-order valence-corrected chi connectivity index (χ2v) is 9.49. The number of aromatic amines is 1. The Morgan fingerprint density at radius 3 is 2.22 bits per heavy atom. The Kier molecular flexibility index (Phi) is 11.4. The number of anilines is 2. The van der Waals surface area contributed by atoms with E-state index in [-0.39, 0.29) is 43.0 Å². The predicted octanol–water partition coefficient (Wildman–Crippen LogP) is -1.58. The molecule has 3 rings (SSSR count). The van der Waals surface area contributed by atoms with Gasteiger partial charge in [-0.3, -0.25) is 33.8 Å². The van der Waals surface area contributed by atoms with Crippen LogP contribution in [0.3, 0.4) is 0 Å². The van der Waals surface area contributed by atoms with Crippen molar-refractivity contribution in [1.82, 2.24) is 35.9 Å². The van der Waals surface area contributed by atoms with Gasteiger partial charge >= 0.3 is 17.9 Å². The highest BCUT2D eigenvalue weighted by atomic mass is 16.4. The molecule has 0 saturated carbocycles. The van der Waals surface area contributed by atoms with Crippen molar-refractivity contribution in [2.24, 2.45) is 0 Å². The summed E-state index contributed by atoms with van der Waals surface area (Å²) in [6, 6.07) is 2.91. The molecule has 3 amide bonds. The largest absolute Gasteiger partial charge is 0.481 e. The van der Waals surface area contributed by atoms with E-state index >= 15 is 0 Å². The van der Waals surface area contributed by atoms with Gasteiger partial charge in [0.1, 0.15) is 12.1 Å². The molecule has 0 aliphatic rings. The summed E-state index contributed by atoms with van der Waals surface area (Å²) >= 11 is 0. The van der Waals surface area contributed by atoms with Crippen molar-refractivity contribution in [2.45, 2.75) is 44.3 Å². The first-order valence-corrected chi connectivity index (χ1v) is 13.2. The lowest BCUT2D eigenvalue weighted by Gasteiger charge is -2.19. The first-order chi connectivity index (χ1) is 21.3. The van der Waals surface area contributed by atoms with Crippen LogP contribution in [0.1, 0.15) is 41.7 Å². The smallest absolute Gasteiger partial charge is 0.326 e. The highest BCUT2D eigenvalue weighted by Crippen LogP contribution is 2.12. The molecule has 3 aromatic rings. The van der Waals surface area contributed by atoms with Crippen LogP contribution < -0.4 is 32.6 Å². The Labute approximate surface area is 252 Å². The molecule has 0 fully saturated rings. The maximum atomic E-state index is 12.5. The molecule has 2 aromatic heterocycles. The number of rotatable bonds is 16. The number of carbonyl (C=O) groups excluding carboxylic acids is 3. The number of hydrogen-bond acceptors (Lipinski definition) is 12. The minimum Gasteiger partial charge on any atom is -0.481 e. The normalized spacial score (nSPS) is 12.0. The Balaban J connectivity index is 1.44. The summed E-state index contributed by atoms with van der Waals surface area (Å²) in [7, 11) is 0. The summed E-state index contributed by atoms with van der Waals surface area (Å²) in [5.74, 6) is -7.03. The summed E-state index contributed by atoms with van der Waals surface area (Å²) in [4.78, 5) is 96.9. The van der Waals surface area contributed by atoms with Crippen LogP contribution in [0.15, 0.2) is 35.3 Å². The summed E-state index contributed by atoms with van der Waals surface area (Å²) < 4.78 is 0. The molecule has 1 aromatic carbocycles. The zero-order chi connectivity index (χ0) is 33.1. The van der Waals surface area contributed by atoms with Crippen molar-refractivity contribution in [3.8, 4) is 0 Å². The Morgan fingerprint density at radius 2 is 1.58 bits per heavy atom. The van der Waals surface area contributed by atoms with Crippen LogP contribution in [0, 0.1) is 0 Å². The lowest BCUT2D eigenvalue weighted by atomic mass is 10.1. The molecule has 10 N–H and O–H groups in total. The number of nitrogens with two attached hydrogens (primary N) is 1. The van der Waals surface area contributed by atoms with Crippen LogP contribution in [-0.2, 0) is 30.5 Å². The van der Waals surface area contributed by atoms with Crippen LogP contribution in [0.5, 0.6) is 0 Å². The number of nitrogen functional groups attached to an aromatic ring is 1. The van der Waals surface area contributed by atoms with Gasteiger partial charge in [0.05, 0.1) is 31.3 Å². The fraction of sp³-hybridized carbons (Fsp3) is 0.308. The average molecular weight is 628 g/mol. The monoisotopic (exact) mass is 627 g/mol. The third-order valence-electron chi connectivity index (χ3n) is 6.00. The van der Waals surface area contributed by atoms with Crippen LogP contribution in [0.4, 0.5) is 11.6 Å². The van der Waals surface area contributed by atoms with Gasteiger partial charge in [-0.2, -0.15) is 4.98 Å². The Bertz CT molecular complexity index is 1660. The van der Waals surface area contributed by atoms with Gasteiger partial charge in [-0.25, -0.2) is 14.8 Å². The third kappa shape index (κ3) is 10.3. The van der Waals surface area contributed by atoms with Gasteiger partial charge in [-0.15, -0.1) is 0 Å². The lowest BCUT2D eigenvalue weighted by Crippen LogP contribution is -2.52. The van der Waals surface area contributed by atoms with E-state index < -0.39 is 66.1 Å². The zero-order valence-electron chi connectivity index (χ0n) is 23.4. The topological polar surface area (TPSA) is 309 Å². The van der Waals surface area contributed by atoms with E-state index in [2.05, 4.69) is 35.9 Å². The minimum atomic E-state index is -1.83. The van der Waals surface area contributed by atoms with E-state index in [4.69, 9.17) is 21.1 Å². The van der Waals surface area contributed by atoms with Crippen molar-refractivity contribution in [1.29, 1.82) is 0 Å². The molecule has 0 aliphatic heterocycles. The highest BCUT2D eigenvalue weighted by molar-refractivity contribution is 5.95. The van der Waals surface area contributed by atoms with E-state index in [0.29, 0.717) is 16.9 Å². The number of fused-ring (bicyclic) bond motifs is 1. The van der Waals surface area contributed by atoms with E-state index in [9.17, 15) is 33.6 Å². The number of aliphatic carboxylic acids is 3. The van der Waals surface area contributed by atoms with Crippen LogP contribution >= 0.6 is 0 Å². The highest BCUT2D eigenvalue weighted by Gasteiger charge is 2.29. The average Bonchev–Trinajstić information content (AvgIpc) is 2.97. The molecular weight excluding hydrogens is 598 g/mol. The number of H-pyrrole nitrogens is 1. The summed E-state index contributed by atoms with van der Waals surface area (Å²) in [6.07, 6.45) is -0.473. The molecule has 45 heavy (non-hydrogen) atoms. The maximum absolute atomic E-state index is 12.5. The molecule has 238 valence electrons. The molecule has 19 heteroatoms. The number of nitrogens with zero attached hydrogens (tertiary/aromatic N) is 3. The van der Waals surface area contributed by atoms with Gasteiger partial charge in [0.25, 0.3) is 11.5 Å². The standard InChI is InChI=1S/C26H29N9O10/c27-26-34-21-20(24(43)35-26)31-14(11-30-21)10-29-13-5-3-12(4-6-13)22(41)28-7-1-2-17(36)32-15(8-18(37)38)23(42)33-16(25(44)45)9-19(39)40/h3-6,11,15-16,29H,1-2,7-10H2,(H,28,41)(H,32,36)(H,33,42)(H,37,38)(H,39,40)(H,44,45)(H3,27,30,34,35,43)/t15?,16-/m1/s1. The van der Waals surface area contributed by atoms with Crippen molar-refractivity contribution in [3.05, 3.63) is 52.1 Å². The van der Waals surface area contributed by atoms with Crippen molar-refractivity contribution >= 4 is 58.4 Å². The number of hydrogen-bond donors (Lipinski definition) is 9. The Morgan fingerprint density at radius 1 is 0.911 bits per heavy atom. The molecule has 2 atom stereocenters. The minimum absolute atomic E-state index is 0.0421. The van der Waals surface area contributed by atoms with E-state index in [0.717, 1.165) is 0 Å². The van der Waals surface area contributed by atoms with E-state index in [1.807, 2.05) is 5.32 Å². The molecule has 2 heterocycles. The van der Waals surface area contributed by atoms with Crippen LogP contribution in [0.25, 0.3) is 11.2 Å². The maximum Gasteiger partial charge on any atom is 0.326 e. The number of carboxylic acids is 3. The van der Waals surface area contributed by atoms with Crippen LogP contribution in [-0.4, -0.2) is 89.5 Å². The first-order valence-electron chi connectivity index (χ1n) is 13.2. The summed E-state index contributed by atoms with van der Waals surface area (Å²) in [6.45, 7) is 0.278. The fourth-order valence-electron chi connectivity index (χ4n) is 3.84. The number of aromatic nitrogens is 4. The van der Waals surface area contributed by atoms with Gasteiger partial charge in [-0.1, -0.05) is 0 Å². The van der Waals surface area contributed by atoms with E-state index in [1.54, 1.807) is 24.3 Å². The van der Waals surface area contributed by atoms with Crippen molar-refractivity contribution in [3.63, 3.8) is 0 Å². The molecule has 1 unspecified atom stereocenters. The van der Waals surface area contributed by atoms with E-state index in [1.165, 1.54) is 6.20 Å². The number of carboxylic acid groups (broad SMARTS) is 3. The van der Waals surface area contributed by atoms with Crippen LogP contribution in [0.2, 0.25) is 0 Å². The third-order valence-corrected chi connectivity index (χ3v) is 6.00. The second-order valence-electron chi connectivity index (χ2n) is 9.49. The Hall–Kier alpha value is -6.14. The van der Waals surface area contributed by atoms with Gasteiger partial charge in [0.2, 0.25) is 17.8 Å². The number of nitrogens with one attached hydrogen (secondary N) is 5. The number of amides is 3. The SMILES string of the molecule is Nc1nc2ncc(CNc3ccc(C(=O)NCCCC(=O)NC(CC(=O)O)C(=O)N[C@H](CC(=O)O)C(=O)O)cc3)nc2c(=O)[nH]1. The summed E-state index contributed by atoms with van der Waals surface area (Å²) in [5.41, 5.74) is 6.57.